The molecule has 34 heavy (non-hydrogen) atoms. The van der Waals surface area contributed by atoms with Gasteiger partial charge in [0, 0.05) is 17.1 Å². The third-order valence-electron chi connectivity index (χ3n) is 5.88. The van der Waals surface area contributed by atoms with Gasteiger partial charge in [0.05, 0.1) is 11.9 Å². The number of hydrogen-bond donors (Lipinski definition) is 1. The smallest absolute Gasteiger partial charge is 0.244 e. The van der Waals surface area contributed by atoms with E-state index >= 15 is 0 Å². The van der Waals surface area contributed by atoms with Crippen LogP contribution in [-0.4, -0.2) is 50.0 Å². The first-order valence-corrected chi connectivity index (χ1v) is 13.9. The average molecular weight is 553 g/mol. The second-order valence-electron chi connectivity index (χ2n) is 8.65. The number of halogens is 1. The summed E-state index contributed by atoms with van der Waals surface area (Å²) in [7, 11) is -3.76. The van der Waals surface area contributed by atoms with Crippen molar-refractivity contribution in [1.82, 2.24) is 10.2 Å². The normalized spacial score (nSPS) is 13.1. The van der Waals surface area contributed by atoms with Crippen molar-refractivity contribution in [3.8, 4) is 0 Å². The van der Waals surface area contributed by atoms with Crippen molar-refractivity contribution in [3.63, 3.8) is 0 Å². The van der Waals surface area contributed by atoms with E-state index < -0.39 is 28.5 Å². The largest absolute Gasteiger partial charge is 0.352 e. The molecular weight excluding hydrogens is 518 g/mol. The summed E-state index contributed by atoms with van der Waals surface area (Å²) in [6.07, 6.45) is 1.83. The third kappa shape index (κ3) is 7.30. The molecule has 0 fully saturated rings. The fourth-order valence-electron chi connectivity index (χ4n) is 3.42. The number of amides is 2. The number of sulfonamides is 1. The van der Waals surface area contributed by atoms with Crippen LogP contribution < -0.4 is 9.62 Å². The molecule has 2 rings (SSSR count). The van der Waals surface area contributed by atoms with Crippen LogP contribution in [0.15, 0.2) is 46.9 Å². The highest BCUT2D eigenvalue weighted by Gasteiger charge is 2.30. The number of nitrogens with zero attached hydrogens (tertiary/aromatic N) is 2. The molecule has 0 saturated carbocycles. The van der Waals surface area contributed by atoms with Crippen LogP contribution in [0.1, 0.15) is 43.9 Å². The van der Waals surface area contributed by atoms with Gasteiger partial charge in [-0.3, -0.25) is 13.9 Å². The molecule has 0 aliphatic carbocycles. The highest BCUT2D eigenvalue weighted by Crippen LogP contribution is 2.25. The third-order valence-corrected chi connectivity index (χ3v) is 7.91. The van der Waals surface area contributed by atoms with E-state index in [9.17, 15) is 18.0 Å². The van der Waals surface area contributed by atoms with Gasteiger partial charge in [-0.25, -0.2) is 8.42 Å². The van der Waals surface area contributed by atoms with E-state index in [2.05, 4.69) is 21.2 Å². The maximum absolute atomic E-state index is 13.6. The number of benzene rings is 2. The quantitative estimate of drug-likeness (QED) is 0.480. The average Bonchev–Trinajstić information content (AvgIpc) is 2.77. The molecule has 0 heterocycles. The van der Waals surface area contributed by atoms with Gasteiger partial charge < -0.3 is 10.2 Å². The second kappa shape index (κ2) is 11.8. The highest BCUT2D eigenvalue weighted by atomic mass is 79.9. The Balaban J connectivity index is 2.42. The minimum atomic E-state index is -3.76. The number of carbonyl (C=O) groups excluding carboxylic acids is 2. The maximum atomic E-state index is 13.6. The summed E-state index contributed by atoms with van der Waals surface area (Å²) in [6, 6.07) is 11.9. The molecule has 2 amide bonds. The number of aryl methyl sites for hydroxylation is 2. The van der Waals surface area contributed by atoms with E-state index in [1.807, 2.05) is 52.0 Å². The van der Waals surface area contributed by atoms with Crippen molar-refractivity contribution in [2.75, 3.05) is 17.1 Å². The first-order chi connectivity index (χ1) is 15.8. The zero-order chi connectivity index (χ0) is 25.6. The lowest BCUT2D eigenvalue weighted by atomic mass is 10.1. The number of rotatable bonds is 10. The van der Waals surface area contributed by atoms with E-state index in [0.717, 1.165) is 38.1 Å². The summed E-state index contributed by atoms with van der Waals surface area (Å²) < 4.78 is 27.2. The van der Waals surface area contributed by atoms with E-state index in [1.54, 1.807) is 25.1 Å². The Labute approximate surface area is 211 Å². The molecule has 2 aromatic carbocycles. The van der Waals surface area contributed by atoms with Crippen molar-refractivity contribution < 1.29 is 18.0 Å². The van der Waals surface area contributed by atoms with E-state index in [1.165, 1.54) is 4.90 Å². The lowest BCUT2D eigenvalue weighted by Crippen LogP contribution is -2.52. The number of nitrogens with one attached hydrogen (secondary N) is 1. The molecule has 186 valence electrons. The van der Waals surface area contributed by atoms with Crippen molar-refractivity contribution >= 4 is 43.5 Å². The van der Waals surface area contributed by atoms with Crippen LogP contribution in [0.25, 0.3) is 0 Å². The topological polar surface area (TPSA) is 86.8 Å². The van der Waals surface area contributed by atoms with Crippen LogP contribution in [0.2, 0.25) is 0 Å². The van der Waals surface area contributed by atoms with Gasteiger partial charge in [0.1, 0.15) is 12.6 Å². The van der Waals surface area contributed by atoms with Gasteiger partial charge in [0.15, 0.2) is 0 Å². The van der Waals surface area contributed by atoms with E-state index in [0.29, 0.717) is 5.69 Å². The molecule has 0 unspecified atom stereocenters. The molecule has 2 aromatic rings. The van der Waals surface area contributed by atoms with Gasteiger partial charge in [0.25, 0.3) is 0 Å². The van der Waals surface area contributed by atoms with Crippen LogP contribution >= 0.6 is 15.9 Å². The minimum absolute atomic E-state index is 0.0383. The summed E-state index contributed by atoms with van der Waals surface area (Å²) in [5, 5.41) is 2.92. The van der Waals surface area contributed by atoms with Gasteiger partial charge in [-0.1, -0.05) is 47.1 Å². The summed E-state index contributed by atoms with van der Waals surface area (Å²) in [4.78, 5) is 27.9. The molecule has 0 saturated heterocycles. The van der Waals surface area contributed by atoms with Crippen LogP contribution in [0.4, 0.5) is 5.69 Å². The number of hydrogen-bond acceptors (Lipinski definition) is 4. The fraction of sp³-hybridized carbons (Fsp3) is 0.440. The molecule has 7 nitrogen and oxygen atoms in total. The van der Waals surface area contributed by atoms with Gasteiger partial charge in [-0.2, -0.15) is 0 Å². The SMILES string of the molecule is CC[C@H](C)NC(=O)[C@@H](C)N(Cc1ccccc1C)C(=O)CN(c1ccc(Br)c(C)c1)S(C)(=O)=O. The zero-order valence-corrected chi connectivity index (χ0v) is 23.0. The standard InChI is InChI=1S/C25H34BrN3O4S/c1-7-19(4)27-25(31)20(5)28(15-21-11-9-8-10-17(21)2)24(30)16-29(34(6,32)33)22-12-13-23(26)18(3)14-22/h8-14,19-20H,7,15-16H2,1-6H3,(H,27,31)/t19-,20+/m0/s1. The lowest BCUT2D eigenvalue weighted by molar-refractivity contribution is -0.139. The Morgan fingerprint density at radius 3 is 2.26 bits per heavy atom. The predicted molar refractivity (Wildman–Crippen MR) is 140 cm³/mol. The number of anilines is 1. The Morgan fingerprint density at radius 1 is 1.06 bits per heavy atom. The molecule has 0 radical (unpaired) electrons. The van der Waals surface area contributed by atoms with Crippen LogP contribution in [0, 0.1) is 13.8 Å². The fourth-order valence-corrected chi connectivity index (χ4v) is 4.50. The molecule has 0 aliphatic rings. The van der Waals surface area contributed by atoms with Crippen LogP contribution in [0.3, 0.4) is 0 Å². The Bertz CT molecular complexity index is 1140. The Kier molecular flexibility index (Phi) is 9.70. The van der Waals surface area contributed by atoms with E-state index in [-0.39, 0.29) is 18.5 Å². The molecule has 0 aliphatic heterocycles. The van der Waals surface area contributed by atoms with Crippen molar-refractivity contribution in [1.29, 1.82) is 0 Å². The Hall–Kier alpha value is -2.39. The van der Waals surface area contributed by atoms with E-state index in [4.69, 9.17) is 0 Å². The molecule has 2 atom stereocenters. The summed E-state index contributed by atoms with van der Waals surface area (Å²) >= 11 is 3.42. The molecule has 0 aromatic heterocycles. The van der Waals surface area contributed by atoms with Gasteiger partial charge in [-0.15, -0.1) is 0 Å². The highest BCUT2D eigenvalue weighted by molar-refractivity contribution is 9.10. The predicted octanol–water partition coefficient (Wildman–Crippen LogP) is 4.16. The lowest BCUT2D eigenvalue weighted by Gasteiger charge is -2.32. The van der Waals surface area contributed by atoms with Crippen molar-refractivity contribution in [2.24, 2.45) is 0 Å². The monoisotopic (exact) mass is 551 g/mol. The first-order valence-electron chi connectivity index (χ1n) is 11.2. The summed E-state index contributed by atoms with van der Waals surface area (Å²) in [5.41, 5.74) is 3.11. The number of carbonyl (C=O) groups is 2. The molecule has 0 spiro atoms. The van der Waals surface area contributed by atoms with Crippen molar-refractivity contribution in [2.45, 2.75) is 59.7 Å². The first kappa shape index (κ1) is 27.9. The van der Waals surface area contributed by atoms with Crippen LogP contribution in [0.5, 0.6) is 0 Å². The molecule has 0 bridgehead atoms. The summed E-state index contributed by atoms with van der Waals surface area (Å²) in [6.45, 7) is 9.11. The van der Waals surface area contributed by atoms with Crippen LogP contribution in [-0.2, 0) is 26.2 Å². The Morgan fingerprint density at radius 2 is 1.71 bits per heavy atom. The van der Waals surface area contributed by atoms with Gasteiger partial charge >= 0.3 is 0 Å². The van der Waals surface area contributed by atoms with Gasteiger partial charge in [0.2, 0.25) is 21.8 Å². The van der Waals surface area contributed by atoms with Gasteiger partial charge in [-0.05, 0) is 69.0 Å². The molecule has 9 heteroatoms. The minimum Gasteiger partial charge on any atom is -0.352 e. The zero-order valence-electron chi connectivity index (χ0n) is 20.6. The second-order valence-corrected chi connectivity index (χ2v) is 11.4. The summed E-state index contributed by atoms with van der Waals surface area (Å²) in [5.74, 6) is -0.734. The molecular formula is C25H34BrN3O4S. The maximum Gasteiger partial charge on any atom is 0.244 e. The molecule has 1 N–H and O–H groups in total. The van der Waals surface area contributed by atoms with Crippen molar-refractivity contribution in [3.05, 3.63) is 63.6 Å².